The molecule has 3 aromatic carbocycles. The molecule has 1 aromatic heterocycles. The maximum atomic E-state index is 13.3. The zero-order valence-electron chi connectivity index (χ0n) is 19.9. The van der Waals surface area contributed by atoms with Crippen molar-refractivity contribution in [2.45, 2.75) is 6.54 Å². The summed E-state index contributed by atoms with van der Waals surface area (Å²) >= 11 is 1.22. The number of methoxy groups -OCH3 is 1. The van der Waals surface area contributed by atoms with Gasteiger partial charge in [0.25, 0.3) is 5.91 Å². The van der Waals surface area contributed by atoms with E-state index in [9.17, 15) is 9.90 Å². The van der Waals surface area contributed by atoms with Crippen molar-refractivity contribution < 1.29 is 19.1 Å². The standard InChI is InChI=1S/C29H23N3O4S/c1-35-26-16-21(11-14-25(26)33)17-27-28(34)32(19-24-8-5-15-36-24)29(37-27)31-30-18-20-9-12-23(13-10-20)22-6-3-2-4-7-22/h2-18,33H,19H2,1H3/b27-17-,30-18+,31-29-. The van der Waals surface area contributed by atoms with Gasteiger partial charge in [-0.3, -0.25) is 9.69 Å². The Morgan fingerprint density at radius 3 is 2.46 bits per heavy atom. The van der Waals surface area contributed by atoms with E-state index in [1.807, 2.05) is 42.5 Å². The molecule has 1 amide bonds. The summed E-state index contributed by atoms with van der Waals surface area (Å²) < 4.78 is 10.6. The molecule has 2 heterocycles. The van der Waals surface area contributed by atoms with E-state index in [1.54, 1.807) is 42.8 Å². The van der Waals surface area contributed by atoms with Gasteiger partial charge in [0.2, 0.25) is 0 Å². The number of hydrogen-bond acceptors (Lipinski definition) is 7. The predicted octanol–water partition coefficient (Wildman–Crippen LogP) is 6.17. The van der Waals surface area contributed by atoms with E-state index in [0.29, 0.717) is 27.1 Å². The number of hydrogen-bond donors (Lipinski definition) is 1. The van der Waals surface area contributed by atoms with E-state index in [-0.39, 0.29) is 18.2 Å². The maximum Gasteiger partial charge on any atom is 0.267 e. The quantitative estimate of drug-likeness (QED) is 0.183. The second-order valence-corrected chi connectivity index (χ2v) is 9.14. The molecule has 37 heavy (non-hydrogen) atoms. The summed E-state index contributed by atoms with van der Waals surface area (Å²) in [4.78, 5) is 15.3. The Bertz CT molecular complexity index is 1480. The van der Waals surface area contributed by atoms with Crippen molar-refractivity contribution in [1.29, 1.82) is 0 Å². The Kier molecular flexibility index (Phi) is 7.19. The molecular formula is C29H23N3O4S. The van der Waals surface area contributed by atoms with Crippen LogP contribution in [0.4, 0.5) is 0 Å². The minimum atomic E-state index is -0.213. The van der Waals surface area contributed by atoms with Crippen LogP contribution in [0.15, 0.2) is 111 Å². The lowest BCUT2D eigenvalue weighted by molar-refractivity contribution is -0.122. The van der Waals surface area contributed by atoms with Crippen LogP contribution in [0.25, 0.3) is 17.2 Å². The summed E-state index contributed by atoms with van der Waals surface area (Å²) in [5, 5.41) is 18.9. The van der Waals surface area contributed by atoms with E-state index in [0.717, 1.165) is 16.7 Å². The highest BCUT2D eigenvalue weighted by Gasteiger charge is 2.34. The maximum absolute atomic E-state index is 13.3. The molecule has 1 aliphatic heterocycles. The van der Waals surface area contributed by atoms with Crippen LogP contribution < -0.4 is 4.74 Å². The number of carbonyl (C=O) groups excluding carboxylic acids is 1. The molecule has 1 N–H and O–H groups in total. The second kappa shape index (κ2) is 11.0. The largest absolute Gasteiger partial charge is 0.504 e. The summed E-state index contributed by atoms with van der Waals surface area (Å²) in [6.07, 6.45) is 4.96. The third-order valence-corrected chi connectivity index (χ3v) is 6.65. The number of furan rings is 1. The first-order valence-electron chi connectivity index (χ1n) is 11.5. The SMILES string of the molecule is COc1cc(/C=C2\S/C(=N\N=C\c3ccc(-c4ccccc4)cc3)N(Cc3ccco3)C2=O)ccc1O. The van der Waals surface area contributed by atoms with Crippen molar-refractivity contribution in [3.8, 4) is 22.6 Å². The van der Waals surface area contributed by atoms with E-state index in [1.165, 1.54) is 29.8 Å². The number of phenolic OH excluding ortho intramolecular Hbond substituents is 1. The molecule has 0 saturated carbocycles. The van der Waals surface area contributed by atoms with E-state index < -0.39 is 0 Å². The summed E-state index contributed by atoms with van der Waals surface area (Å²) in [5.74, 6) is 0.779. The lowest BCUT2D eigenvalue weighted by Crippen LogP contribution is -2.28. The Hall–Kier alpha value is -4.56. The molecule has 5 rings (SSSR count). The number of amidine groups is 1. The van der Waals surface area contributed by atoms with E-state index in [2.05, 4.69) is 22.3 Å². The molecule has 1 aliphatic rings. The number of benzene rings is 3. The summed E-state index contributed by atoms with van der Waals surface area (Å²) in [6, 6.07) is 26.6. The zero-order valence-corrected chi connectivity index (χ0v) is 20.8. The number of rotatable bonds is 7. The number of thioether (sulfide) groups is 1. The van der Waals surface area contributed by atoms with Crippen LogP contribution in [0.3, 0.4) is 0 Å². The molecule has 1 saturated heterocycles. The minimum Gasteiger partial charge on any atom is -0.504 e. The zero-order chi connectivity index (χ0) is 25.6. The van der Waals surface area contributed by atoms with E-state index in [4.69, 9.17) is 9.15 Å². The van der Waals surface area contributed by atoms with Crippen LogP contribution in [0, 0.1) is 0 Å². The molecule has 0 spiro atoms. The monoisotopic (exact) mass is 509 g/mol. The van der Waals surface area contributed by atoms with Crippen molar-refractivity contribution in [3.05, 3.63) is 113 Å². The van der Waals surface area contributed by atoms with Gasteiger partial charge in [0.05, 0.1) is 31.0 Å². The second-order valence-electron chi connectivity index (χ2n) is 8.13. The van der Waals surface area contributed by atoms with Crippen molar-refractivity contribution >= 4 is 35.1 Å². The number of phenols is 1. The fourth-order valence-corrected chi connectivity index (χ4v) is 4.69. The lowest BCUT2D eigenvalue weighted by Gasteiger charge is -2.12. The fourth-order valence-electron chi connectivity index (χ4n) is 3.75. The Morgan fingerprint density at radius 2 is 1.73 bits per heavy atom. The highest BCUT2D eigenvalue weighted by Crippen LogP contribution is 2.35. The van der Waals surface area contributed by atoms with Crippen LogP contribution in [0.5, 0.6) is 11.5 Å². The third kappa shape index (κ3) is 5.65. The Morgan fingerprint density at radius 1 is 0.973 bits per heavy atom. The first-order chi connectivity index (χ1) is 18.1. The molecule has 0 aliphatic carbocycles. The van der Waals surface area contributed by atoms with Gasteiger partial charge < -0.3 is 14.3 Å². The molecule has 0 bridgehead atoms. The van der Waals surface area contributed by atoms with Gasteiger partial charge >= 0.3 is 0 Å². The van der Waals surface area contributed by atoms with Gasteiger partial charge in [-0.25, -0.2) is 0 Å². The number of aromatic hydroxyl groups is 1. The van der Waals surface area contributed by atoms with Crippen molar-refractivity contribution in [2.24, 2.45) is 10.2 Å². The normalized spacial score (nSPS) is 15.8. The summed E-state index contributed by atoms with van der Waals surface area (Å²) in [5.41, 5.74) is 3.87. The highest BCUT2D eigenvalue weighted by molar-refractivity contribution is 8.18. The van der Waals surface area contributed by atoms with Gasteiger partial charge in [0.15, 0.2) is 16.7 Å². The molecule has 7 nitrogen and oxygen atoms in total. The number of nitrogens with zero attached hydrogens (tertiary/aromatic N) is 3. The summed E-state index contributed by atoms with van der Waals surface area (Å²) in [7, 11) is 1.48. The van der Waals surface area contributed by atoms with Gasteiger partial charge in [0, 0.05) is 0 Å². The first-order valence-corrected chi connectivity index (χ1v) is 12.3. The van der Waals surface area contributed by atoms with Gasteiger partial charge in [-0.1, -0.05) is 60.7 Å². The molecule has 0 unspecified atom stereocenters. The fraction of sp³-hybridized carbons (Fsp3) is 0.0690. The predicted molar refractivity (Wildman–Crippen MR) is 146 cm³/mol. The first kappa shape index (κ1) is 24.1. The number of amides is 1. The van der Waals surface area contributed by atoms with Gasteiger partial charge in [-0.2, -0.15) is 5.10 Å². The highest BCUT2D eigenvalue weighted by atomic mass is 32.2. The molecule has 4 aromatic rings. The van der Waals surface area contributed by atoms with E-state index >= 15 is 0 Å². The smallest absolute Gasteiger partial charge is 0.267 e. The third-order valence-electron chi connectivity index (χ3n) is 5.65. The molecular weight excluding hydrogens is 486 g/mol. The van der Waals surface area contributed by atoms with Crippen molar-refractivity contribution in [3.63, 3.8) is 0 Å². The average molecular weight is 510 g/mol. The van der Waals surface area contributed by atoms with Gasteiger partial charge in [-0.05, 0) is 64.4 Å². The Labute approximate surface area is 218 Å². The molecule has 8 heteroatoms. The average Bonchev–Trinajstić information content (AvgIpc) is 3.55. The molecule has 0 radical (unpaired) electrons. The number of ether oxygens (including phenoxy) is 1. The molecule has 0 atom stereocenters. The van der Waals surface area contributed by atoms with Crippen molar-refractivity contribution in [2.75, 3.05) is 7.11 Å². The van der Waals surface area contributed by atoms with Crippen LogP contribution >= 0.6 is 11.8 Å². The van der Waals surface area contributed by atoms with Crippen LogP contribution in [-0.4, -0.2) is 34.4 Å². The van der Waals surface area contributed by atoms with Crippen molar-refractivity contribution in [1.82, 2.24) is 4.90 Å². The van der Waals surface area contributed by atoms with Gasteiger partial charge in [-0.15, -0.1) is 5.10 Å². The van der Waals surface area contributed by atoms with Crippen LogP contribution in [-0.2, 0) is 11.3 Å². The molecule has 184 valence electrons. The van der Waals surface area contributed by atoms with Gasteiger partial charge in [0.1, 0.15) is 5.76 Å². The number of carbonyl (C=O) groups is 1. The topological polar surface area (TPSA) is 87.6 Å². The lowest BCUT2D eigenvalue weighted by atomic mass is 10.0. The van der Waals surface area contributed by atoms with Crippen LogP contribution in [0.2, 0.25) is 0 Å². The minimum absolute atomic E-state index is 0.0305. The Balaban J connectivity index is 1.38. The molecule has 1 fully saturated rings. The van der Waals surface area contributed by atoms with Crippen LogP contribution in [0.1, 0.15) is 16.9 Å². The summed E-state index contributed by atoms with van der Waals surface area (Å²) in [6.45, 7) is 0.231.